The number of aliphatic carboxylic acids is 1. The van der Waals surface area contributed by atoms with E-state index in [2.05, 4.69) is 19.2 Å². The van der Waals surface area contributed by atoms with Crippen LogP contribution < -0.4 is 5.32 Å². The van der Waals surface area contributed by atoms with Crippen LogP contribution in [0.25, 0.3) is 0 Å². The Balaban J connectivity index is 2.96. The Hall–Kier alpha value is -0.570. The van der Waals surface area contributed by atoms with Crippen molar-refractivity contribution in [2.75, 3.05) is 6.54 Å². The van der Waals surface area contributed by atoms with Crippen molar-refractivity contribution in [3.05, 3.63) is 0 Å². The number of carbonyl (C=O) groups is 1. The third-order valence-electron chi connectivity index (χ3n) is 1.62. The van der Waals surface area contributed by atoms with Gasteiger partial charge in [-0.3, -0.25) is 4.79 Å². The Morgan fingerprint density at radius 2 is 2.00 bits per heavy atom. The number of carboxylic acids is 1. The van der Waals surface area contributed by atoms with Crippen LogP contribution in [0, 0.1) is 0 Å². The lowest BCUT2D eigenvalue weighted by molar-refractivity contribution is -0.137. The average molecular weight is 173 g/mol. The van der Waals surface area contributed by atoms with Crippen LogP contribution >= 0.6 is 0 Å². The molecule has 3 heteroatoms. The maximum Gasteiger partial charge on any atom is 0.303 e. The summed E-state index contributed by atoms with van der Waals surface area (Å²) in [5.41, 5.74) is 0. The first-order valence-electron chi connectivity index (χ1n) is 4.58. The molecule has 12 heavy (non-hydrogen) atoms. The average Bonchev–Trinajstić information content (AvgIpc) is 1.95. The van der Waals surface area contributed by atoms with Crippen molar-refractivity contribution in [3.63, 3.8) is 0 Å². The SMILES string of the molecule is CC(C)NCCCCCC(=O)O. The fourth-order valence-corrected chi connectivity index (χ4v) is 0.969. The molecule has 0 aliphatic rings. The minimum Gasteiger partial charge on any atom is -0.481 e. The number of hydrogen-bond donors (Lipinski definition) is 2. The Labute approximate surface area is 74.2 Å². The van der Waals surface area contributed by atoms with E-state index in [1.54, 1.807) is 0 Å². The smallest absolute Gasteiger partial charge is 0.303 e. The van der Waals surface area contributed by atoms with Crippen molar-refractivity contribution < 1.29 is 9.90 Å². The zero-order chi connectivity index (χ0) is 9.40. The van der Waals surface area contributed by atoms with E-state index in [-0.39, 0.29) is 0 Å². The molecule has 0 aromatic heterocycles. The monoisotopic (exact) mass is 173 g/mol. The van der Waals surface area contributed by atoms with Gasteiger partial charge in [0.1, 0.15) is 0 Å². The van der Waals surface area contributed by atoms with Crippen LogP contribution in [0.5, 0.6) is 0 Å². The third kappa shape index (κ3) is 9.43. The maximum atomic E-state index is 10.1. The maximum absolute atomic E-state index is 10.1. The molecule has 0 aromatic rings. The predicted molar refractivity (Wildman–Crippen MR) is 49.2 cm³/mol. The summed E-state index contributed by atoms with van der Waals surface area (Å²) in [5, 5.41) is 11.6. The molecule has 0 aromatic carbocycles. The summed E-state index contributed by atoms with van der Waals surface area (Å²) >= 11 is 0. The summed E-state index contributed by atoms with van der Waals surface area (Å²) in [6.45, 7) is 5.21. The van der Waals surface area contributed by atoms with Crippen molar-refractivity contribution in [3.8, 4) is 0 Å². The largest absolute Gasteiger partial charge is 0.481 e. The molecule has 0 unspecified atom stereocenters. The standard InChI is InChI=1S/C9H19NO2/c1-8(2)10-7-5-3-4-6-9(11)12/h8,10H,3-7H2,1-2H3,(H,11,12). The molecule has 0 aliphatic heterocycles. The minimum absolute atomic E-state index is 0.307. The second-order valence-electron chi connectivity index (χ2n) is 3.31. The molecule has 0 fully saturated rings. The molecule has 0 radical (unpaired) electrons. The van der Waals surface area contributed by atoms with Crippen LogP contribution in [0.1, 0.15) is 39.5 Å². The van der Waals surface area contributed by atoms with E-state index in [1.165, 1.54) is 0 Å². The molecule has 0 spiro atoms. The van der Waals surface area contributed by atoms with Crippen molar-refractivity contribution in [2.24, 2.45) is 0 Å². The quantitative estimate of drug-likeness (QED) is 0.575. The molecule has 0 saturated heterocycles. The molecule has 0 atom stereocenters. The summed E-state index contributed by atoms with van der Waals surface area (Å²) in [4.78, 5) is 10.1. The summed E-state index contributed by atoms with van der Waals surface area (Å²) in [7, 11) is 0. The summed E-state index contributed by atoms with van der Waals surface area (Å²) in [5.74, 6) is -0.688. The Kier molecular flexibility index (Phi) is 6.76. The molecule has 0 saturated carbocycles. The fourth-order valence-electron chi connectivity index (χ4n) is 0.969. The van der Waals surface area contributed by atoms with Crippen LogP contribution in [-0.2, 0) is 4.79 Å². The number of rotatable bonds is 7. The van der Waals surface area contributed by atoms with Gasteiger partial charge in [-0.05, 0) is 19.4 Å². The highest BCUT2D eigenvalue weighted by Crippen LogP contribution is 1.98. The van der Waals surface area contributed by atoms with Gasteiger partial charge in [-0.25, -0.2) is 0 Å². The molecule has 0 bridgehead atoms. The molecule has 0 heterocycles. The predicted octanol–water partition coefficient (Wildman–Crippen LogP) is 1.63. The number of nitrogens with one attached hydrogen (secondary N) is 1. The molecule has 0 aliphatic carbocycles. The van der Waals surface area contributed by atoms with Crippen LogP contribution in [-0.4, -0.2) is 23.7 Å². The van der Waals surface area contributed by atoms with E-state index in [9.17, 15) is 4.79 Å². The van der Waals surface area contributed by atoms with Gasteiger partial charge in [0.25, 0.3) is 0 Å². The lowest BCUT2D eigenvalue weighted by atomic mass is 10.2. The third-order valence-corrected chi connectivity index (χ3v) is 1.62. The number of carboxylic acid groups (broad SMARTS) is 1. The number of unbranched alkanes of at least 4 members (excludes halogenated alkanes) is 2. The summed E-state index contributed by atoms with van der Waals surface area (Å²) in [6, 6.07) is 0.532. The summed E-state index contributed by atoms with van der Waals surface area (Å²) < 4.78 is 0. The van der Waals surface area contributed by atoms with Gasteiger partial charge < -0.3 is 10.4 Å². The molecular formula is C9H19NO2. The normalized spacial score (nSPS) is 10.6. The Morgan fingerprint density at radius 1 is 1.33 bits per heavy atom. The van der Waals surface area contributed by atoms with Gasteiger partial charge in [-0.15, -0.1) is 0 Å². The molecule has 2 N–H and O–H groups in total. The molecule has 0 amide bonds. The van der Waals surface area contributed by atoms with E-state index in [4.69, 9.17) is 5.11 Å². The first kappa shape index (κ1) is 11.4. The van der Waals surface area contributed by atoms with Gasteiger partial charge >= 0.3 is 5.97 Å². The topological polar surface area (TPSA) is 49.3 Å². The van der Waals surface area contributed by atoms with Crippen LogP contribution in [0.2, 0.25) is 0 Å². The first-order chi connectivity index (χ1) is 5.63. The van der Waals surface area contributed by atoms with Crippen LogP contribution in [0.15, 0.2) is 0 Å². The second-order valence-corrected chi connectivity index (χ2v) is 3.31. The van der Waals surface area contributed by atoms with Gasteiger partial charge in [-0.1, -0.05) is 20.3 Å². The first-order valence-corrected chi connectivity index (χ1v) is 4.58. The van der Waals surface area contributed by atoms with E-state index in [0.29, 0.717) is 12.5 Å². The molecule has 0 rings (SSSR count). The van der Waals surface area contributed by atoms with Gasteiger partial charge in [-0.2, -0.15) is 0 Å². The van der Waals surface area contributed by atoms with E-state index in [0.717, 1.165) is 25.8 Å². The molecule has 3 nitrogen and oxygen atoms in total. The van der Waals surface area contributed by atoms with Crippen molar-refractivity contribution in [1.82, 2.24) is 5.32 Å². The zero-order valence-corrected chi connectivity index (χ0v) is 7.97. The van der Waals surface area contributed by atoms with Crippen molar-refractivity contribution in [2.45, 2.75) is 45.6 Å². The van der Waals surface area contributed by atoms with Crippen molar-refractivity contribution in [1.29, 1.82) is 0 Å². The Bertz CT molecular complexity index is 124. The lowest BCUT2D eigenvalue weighted by Crippen LogP contribution is -2.23. The minimum atomic E-state index is -0.688. The van der Waals surface area contributed by atoms with E-state index in [1.807, 2.05) is 0 Å². The van der Waals surface area contributed by atoms with Crippen LogP contribution in [0.3, 0.4) is 0 Å². The van der Waals surface area contributed by atoms with Gasteiger partial charge in [0.05, 0.1) is 0 Å². The Morgan fingerprint density at radius 3 is 2.50 bits per heavy atom. The van der Waals surface area contributed by atoms with E-state index >= 15 is 0 Å². The highest BCUT2D eigenvalue weighted by atomic mass is 16.4. The summed E-state index contributed by atoms with van der Waals surface area (Å²) in [6.07, 6.45) is 3.19. The highest BCUT2D eigenvalue weighted by Gasteiger charge is 1.96. The van der Waals surface area contributed by atoms with Gasteiger partial charge in [0.2, 0.25) is 0 Å². The van der Waals surface area contributed by atoms with Gasteiger partial charge in [0.15, 0.2) is 0 Å². The second kappa shape index (κ2) is 7.10. The molecule has 72 valence electrons. The zero-order valence-electron chi connectivity index (χ0n) is 7.97. The lowest BCUT2D eigenvalue weighted by Gasteiger charge is -2.06. The van der Waals surface area contributed by atoms with E-state index < -0.39 is 5.97 Å². The van der Waals surface area contributed by atoms with Crippen molar-refractivity contribution >= 4 is 5.97 Å². The molecular weight excluding hydrogens is 154 g/mol. The van der Waals surface area contributed by atoms with Gasteiger partial charge in [0, 0.05) is 12.5 Å². The van der Waals surface area contributed by atoms with Crippen LogP contribution in [0.4, 0.5) is 0 Å². The fraction of sp³-hybridized carbons (Fsp3) is 0.889. The number of hydrogen-bond acceptors (Lipinski definition) is 2. The highest BCUT2D eigenvalue weighted by molar-refractivity contribution is 5.66.